The Hall–Kier alpha value is -1.62. The Labute approximate surface area is 115 Å². The van der Waals surface area contributed by atoms with Crippen molar-refractivity contribution >= 4 is 28.7 Å². The minimum atomic E-state index is -0.997. The number of thioether (sulfide) groups is 1. The number of hydrogen-bond donors (Lipinski definition) is 1. The summed E-state index contributed by atoms with van der Waals surface area (Å²) in [7, 11) is 0. The van der Waals surface area contributed by atoms with Crippen LogP contribution in [0.1, 0.15) is 12.0 Å². The molecule has 2 rings (SSSR count). The van der Waals surface area contributed by atoms with Gasteiger partial charge >= 0.3 is 5.97 Å². The van der Waals surface area contributed by atoms with E-state index >= 15 is 0 Å². The maximum Gasteiger partial charge on any atom is 0.341 e. The Morgan fingerprint density at radius 1 is 1.47 bits per heavy atom. The first-order chi connectivity index (χ1) is 9.22. The Morgan fingerprint density at radius 2 is 2.32 bits per heavy atom. The topological polar surface area (TPSA) is 59.7 Å². The van der Waals surface area contributed by atoms with Crippen LogP contribution in [0, 0.1) is 0 Å². The fourth-order valence-electron chi connectivity index (χ4n) is 1.94. The van der Waals surface area contributed by atoms with Gasteiger partial charge in [0.2, 0.25) is 0 Å². The quantitative estimate of drug-likeness (QED) is 0.789. The summed E-state index contributed by atoms with van der Waals surface area (Å²) in [5.41, 5.74) is 1.77. The first kappa shape index (κ1) is 13.8. The molecule has 0 saturated heterocycles. The molecule has 2 aromatic rings. The Bertz CT molecular complexity index is 562. The van der Waals surface area contributed by atoms with Gasteiger partial charge in [0.1, 0.15) is 0 Å². The van der Waals surface area contributed by atoms with Gasteiger partial charge in [0.25, 0.3) is 0 Å². The third-order valence-corrected chi connectivity index (χ3v) is 3.49. The number of benzene rings is 1. The zero-order valence-electron chi connectivity index (χ0n) is 10.7. The van der Waals surface area contributed by atoms with Crippen molar-refractivity contribution in [1.82, 2.24) is 0 Å². The van der Waals surface area contributed by atoms with E-state index in [0.29, 0.717) is 11.3 Å². The van der Waals surface area contributed by atoms with Crippen LogP contribution >= 0.6 is 11.8 Å². The minimum Gasteiger partial charge on any atom is -0.479 e. The second-order valence-electron chi connectivity index (χ2n) is 4.17. The third kappa shape index (κ3) is 3.44. The molecule has 1 aromatic carbocycles. The molecule has 0 bridgehead atoms. The smallest absolute Gasteiger partial charge is 0.341 e. The van der Waals surface area contributed by atoms with Gasteiger partial charge in [-0.2, -0.15) is 11.8 Å². The van der Waals surface area contributed by atoms with Gasteiger partial charge in [-0.25, -0.2) is 4.79 Å². The van der Waals surface area contributed by atoms with Crippen molar-refractivity contribution in [2.24, 2.45) is 0 Å². The zero-order valence-corrected chi connectivity index (χ0v) is 11.5. The monoisotopic (exact) mass is 280 g/mol. The maximum atomic E-state index is 10.5. The van der Waals surface area contributed by atoms with E-state index in [1.54, 1.807) is 12.3 Å². The predicted molar refractivity (Wildman–Crippen MR) is 76.0 cm³/mol. The van der Waals surface area contributed by atoms with E-state index in [-0.39, 0.29) is 6.61 Å². The Kier molecular flexibility index (Phi) is 4.74. The third-order valence-electron chi connectivity index (χ3n) is 2.79. The summed E-state index contributed by atoms with van der Waals surface area (Å²) in [5, 5.41) is 9.64. The molecule has 102 valence electrons. The van der Waals surface area contributed by atoms with Crippen molar-refractivity contribution in [2.45, 2.75) is 12.8 Å². The number of rotatable bonds is 7. The van der Waals surface area contributed by atoms with E-state index in [4.69, 9.17) is 14.3 Å². The number of furan rings is 1. The highest BCUT2D eigenvalue weighted by atomic mass is 32.2. The van der Waals surface area contributed by atoms with Crippen LogP contribution in [0.25, 0.3) is 11.0 Å². The van der Waals surface area contributed by atoms with Crippen molar-refractivity contribution in [3.8, 4) is 5.75 Å². The molecule has 0 spiro atoms. The van der Waals surface area contributed by atoms with Gasteiger partial charge in [0.05, 0.1) is 6.26 Å². The number of hydrogen-bond acceptors (Lipinski definition) is 4. The first-order valence-electron chi connectivity index (χ1n) is 6.05. The molecular weight excluding hydrogens is 264 g/mol. The van der Waals surface area contributed by atoms with Crippen molar-refractivity contribution in [1.29, 1.82) is 0 Å². The maximum absolute atomic E-state index is 10.5. The van der Waals surface area contributed by atoms with Crippen molar-refractivity contribution < 1.29 is 19.1 Å². The van der Waals surface area contributed by atoms with Crippen LogP contribution in [0.5, 0.6) is 5.75 Å². The molecule has 1 N–H and O–H groups in total. The van der Waals surface area contributed by atoms with Crippen LogP contribution in [0.3, 0.4) is 0 Å². The van der Waals surface area contributed by atoms with E-state index in [9.17, 15) is 4.79 Å². The molecule has 0 amide bonds. The average molecular weight is 280 g/mol. The number of carboxylic acids is 1. The summed E-state index contributed by atoms with van der Waals surface area (Å²) >= 11 is 1.82. The van der Waals surface area contributed by atoms with E-state index < -0.39 is 5.97 Å². The van der Waals surface area contributed by atoms with Gasteiger partial charge < -0.3 is 14.3 Å². The number of para-hydroxylation sites is 1. The summed E-state index contributed by atoms with van der Waals surface area (Å²) in [6, 6.07) is 5.55. The largest absolute Gasteiger partial charge is 0.479 e. The molecule has 0 saturated carbocycles. The first-order valence-corrected chi connectivity index (χ1v) is 7.44. The standard InChI is InChI=1S/C14H16O4S/c1-19-7-3-4-10-8-18-14-11(10)5-2-6-12(14)17-9-13(15)16/h2,5-6,8H,3-4,7,9H2,1H3,(H,15,16). The van der Waals surface area contributed by atoms with Crippen LogP contribution in [0.4, 0.5) is 0 Å². The summed E-state index contributed by atoms with van der Waals surface area (Å²) in [4.78, 5) is 10.5. The molecule has 0 radical (unpaired) electrons. The zero-order chi connectivity index (χ0) is 13.7. The van der Waals surface area contributed by atoms with E-state index in [0.717, 1.165) is 29.5 Å². The lowest BCUT2D eigenvalue weighted by atomic mass is 10.1. The summed E-state index contributed by atoms with van der Waals surface area (Å²) < 4.78 is 10.7. The number of carbonyl (C=O) groups is 1. The molecule has 0 aliphatic heterocycles. The fourth-order valence-corrected chi connectivity index (χ4v) is 2.37. The summed E-state index contributed by atoms with van der Waals surface area (Å²) in [6.45, 7) is -0.360. The molecule has 0 aliphatic carbocycles. The van der Waals surface area contributed by atoms with Crippen molar-refractivity contribution in [2.75, 3.05) is 18.6 Å². The van der Waals surface area contributed by atoms with E-state index in [1.165, 1.54) is 0 Å². The highest BCUT2D eigenvalue weighted by Crippen LogP contribution is 2.30. The number of ether oxygens (including phenoxy) is 1. The molecule has 1 heterocycles. The molecule has 1 aromatic heterocycles. The fraction of sp³-hybridized carbons (Fsp3) is 0.357. The van der Waals surface area contributed by atoms with Crippen LogP contribution < -0.4 is 4.74 Å². The van der Waals surface area contributed by atoms with Gasteiger partial charge in [0, 0.05) is 5.39 Å². The van der Waals surface area contributed by atoms with Crippen LogP contribution in [-0.2, 0) is 11.2 Å². The molecule has 5 heteroatoms. The number of aryl methyl sites for hydroxylation is 1. The van der Waals surface area contributed by atoms with E-state index in [2.05, 4.69) is 6.26 Å². The molecule has 4 nitrogen and oxygen atoms in total. The predicted octanol–water partition coefficient (Wildman–Crippen LogP) is 3.19. The minimum absolute atomic E-state index is 0.360. The Morgan fingerprint density at radius 3 is 3.05 bits per heavy atom. The highest BCUT2D eigenvalue weighted by Gasteiger charge is 2.11. The lowest BCUT2D eigenvalue weighted by Gasteiger charge is -2.03. The highest BCUT2D eigenvalue weighted by molar-refractivity contribution is 7.98. The summed E-state index contributed by atoms with van der Waals surface area (Å²) in [5.74, 6) is 0.599. The van der Waals surface area contributed by atoms with E-state index in [1.807, 2.05) is 23.9 Å². The second-order valence-corrected chi connectivity index (χ2v) is 5.16. The van der Waals surface area contributed by atoms with Gasteiger partial charge in [-0.3, -0.25) is 0 Å². The molecule has 19 heavy (non-hydrogen) atoms. The van der Waals surface area contributed by atoms with Crippen LogP contribution in [0.15, 0.2) is 28.9 Å². The normalized spacial score (nSPS) is 10.8. The number of carboxylic acid groups (broad SMARTS) is 1. The molecule has 0 aliphatic rings. The van der Waals surface area contributed by atoms with Gasteiger partial charge in [-0.05, 0) is 36.5 Å². The second kappa shape index (κ2) is 6.52. The van der Waals surface area contributed by atoms with Gasteiger partial charge in [0.15, 0.2) is 17.9 Å². The van der Waals surface area contributed by atoms with Gasteiger partial charge in [-0.1, -0.05) is 12.1 Å². The summed E-state index contributed by atoms with van der Waals surface area (Å²) in [6.07, 6.45) is 5.87. The molecule has 0 atom stereocenters. The van der Waals surface area contributed by atoms with Crippen LogP contribution in [-0.4, -0.2) is 29.7 Å². The number of fused-ring (bicyclic) bond motifs is 1. The lowest BCUT2D eigenvalue weighted by molar-refractivity contribution is -0.139. The SMILES string of the molecule is CSCCCc1coc2c(OCC(=O)O)cccc12. The molecule has 0 unspecified atom stereocenters. The Balaban J connectivity index is 2.19. The number of aliphatic carboxylic acids is 1. The van der Waals surface area contributed by atoms with Crippen molar-refractivity contribution in [3.05, 3.63) is 30.0 Å². The van der Waals surface area contributed by atoms with Gasteiger partial charge in [-0.15, -0.1) is 0 Å². The lowest BCUT2D eigenvalue weighted by Crippen LogP contribution is -2.09. The molecular formula is C14H16O4S. The average Bonchev–Trinajstić information content (AvgIpc) is 2.80. The van der Waals surface area contributed by atoms with Crippen molar-refractivity contribution in [3.63, 3.8) is 0 Å². The molecule has 0 fully saturated rings. The van der Waals surface area contributed by atoms with Crippen LogP contribution in [0.2, 0.25) is 0 Å².